The van der Waals surface area contributed by atoms with Crippen LogP contribution in [-0.4, -0.2) is 17.6 Å². The Hall–Kier alpha value is -1.15. The van der Waals surface area contributed by atoms with Crippen LogP contribution >= 0.6 is 0 Å². The van der Waals surface area contributed by atoms with E-state index < -0.39 is 0 Å². The highest BCUT2D eigenvalue weighted by molar-refractivity contribution is 5.69. The van der Waals surface area contributed by atoms with Gasteiger partial charge in [0.1, 0.15) is 0 Å². The molecule has 1 aromatic heterocycles. The predicted octanol–water partition coefficient (Wildman–Crippen LogP) is 1.77. The van der Waals surface area contributed by atoms with E-state index in [4.69, 9.17) is 0 Å². The van der Waals surface area contributed by atoms with Crippen molar-refractivity contribution in [3.05, 3.63) is 35.7 Å². The van der Waals surface area contributed by atoms with E-state index in [9.17, 15) is 0 Å². The number of fused-ring (bicyclic) bond motifs is 1. The summed E-state index contributed by atoms with van der Waals surface area (Å²) in [6.07, 6.45) is 7.48. The minimum atomic E-state index is 0.713. The third-order valence-electron chi connectivity index (χ3n) is 3.23. The van der Waals surface area contributed by atoms with Gasteiger partial charge in [0, 0.05) is 30.9 Å². The molecule has 1 aromatic rings. The van der Waals surface area contributed by atoms with Gasteiger partial charge in [0.2, 0.25) is 0 Å². The number of aryl methyl sites for hydroxylation is 1. The topological polar surface area (TPSA) is 24.9 Å². The Bertz CT molecular complexity index is 395. The minimum Gasteiger partial charge on any atom is -0.312 e. The van der Waals surface area contributed by atoms with Crippen molar-refractivity contribution in [2.24, 2.45) is 5.92 Å². The van der Waals surface area contributed by atoms with Crippen LogP contribution in [0.25, 0.3) is 5.57 Å². The molecule has 0 aromatic carbocycles. The molecule has 1 aliphatic heterocycles. The van der Waals surface area contributed by atoms with E-state index in [1.54, 1.807) is 0 Å². The lowest BCUT2D eigenvalue weighted by atomic mass is 9.95. The predicted molar refractivity (Wildman–Crippen MR) is 56.8 cm³/mol. The van der Waals surface area contributed by atoms with E-state index >= 15 is 0 Å². The quantitative estimate of drug-likeness (QED) is 0.723. The van der Waals surface area contributed by atoms with Crippen LogP contribution in [0, 0.1) is 12.8 Å². The Morgan fingerprint density at radius 1 is 1.43 bits per heavy atom. The molecule has 0 amide bonds. The fraction of sp³-hybridized carbons (Fsp3) is 0.417. The van der Waals surface area contributed by atoms with Crippen molar-refractivity contribution >= 4 is 5.57 Å². The molecule has 1 fully saturated rings. The first kappa shape index (κ1) is 8.18. The van der Waals surface area contributed by atoms with Gasteiger partial charge in [0.05, 0.1) is 0 Å². The summed E-state index contributed by atoms with van der Waals surface area (Å²) in [6, 6.07) is 2.94. The van der Waals surface area contributed by atoms with Gasteiger partial charge in [-0.05, 0) is 36.1 Å². The van der Waals surface area contributed by atoms with E-state index in [2.05, 4.69) is 29.4 Å². The molecule has 0 spiro atoms. The minimum absolute atomic E-state index is 0.713. The zero-order chi connectivity index (χ0) is 9.54. The molecule has 72 valence electrons. The molecule has 1 N–H and O–H groups in total. The number of aromatic nitrogens is 1. The lowest BCUT2D eigenvalue weighted by Crippen LogP contribution is -2.49. The van der Waals surface area contributed by atoms with E-state index in [1.807, 2.05) is 12.4 Å². The highest BCUT2D eigenvalue weighted by atomic mass is 15.0. The van der Waals surface area contributed by atoms with E-state index in [0.717, 1.165) is 12.5 Å². The summed E-state index contributed by atoms with van der Waals surface area (Å²) >= 11 is 0. The van der Waals surface area contributed by atoms with Crippen LogP contribution in [0.15, 0.2) is 24.5 Å². The van der Waals surface area contributed by atoms with Crippen LogP contribution in [0.2, 0.25) is 0 Å². The molecular formula is C12H14N2. The molecule has 2 unspecified atom stereocenters. The molecular weight excluding hydrogens is 172 g/mol. The molecule has 3 rings (SSSR count). The second-order valence-corrected chi connectivity index (χ2v) is 4.33. The van der Waals surface area contributed by atoms with Crippen LogP contribution in [-0.2, 0) is 0 Å². The molecule has 14 heavy (non-hydrogen) atoms. The maximum atomic E-state index is 4.24. The average molecular weight is 186 g/mol. The standard InChI is InChI=1S/C12H14N2/c1-8-2-10(6-13-5-8)9-3-11-7-14-12(11)4-9/h2-3,5-6,11-12,14H,4,7H2,1H3. The van der Waals surface area contributed by atoms with Crippen LogP contribution < -0.4 is 5.32 Å². The van der Waals surface area contributed by atoms with Gasteiger partial charge in [-0.25, -0.2) is 0 Å². The summed E-state index contributed by atoms with van der Waals surface area (Å²) in [5.74, 6) is 0.783. The van der Waals surface area contributed by atoms with Crippen LogP contribution in [0.5, 0.6) is 0 Å². The molecule has 0 radical (unpaired) electrons. The van der Waals surface area contributed by atoms with Gasteiger partial charge in [0.15, 0.2) is 0 Å². The van der Waals surface area contributed by atoms with Crippen LogP contribution in [0.4, 0.5) is 0 Å². The zero-order valence-electron chi connectivity index (χ0n) is 8.33. The summed E-state index contributed by atoms with van der Waals surface area (Å²) in [5.41, 5.74) is 4.03. The van der Waals surface area contributed by atoms with Gasteiger partial charge < -0.3 is 5.32 Å². The molecule has 2 aliphatic rings. The van der Waals surface area contributed by atoms with Gasteiger partial charge >= 0.3 is 0 Å². The molecule has 2 atom stereocenters. The number of pyridine rings is 1. The largest absolute Gasteiger partial charge is 0.312 e. The maximum Gasteiger partial charge on any atom is 0.0343 e. The zero-order valence-corrected chi connectivity index (χ0v) is 8.33. The molecule has 2 heterocycles. The fourth-order valence-corrected chi connectivity index (χ4v) is 2.33. The highest BCUT2D eigenvalue weighted by Gasteiger charge is 2.34. The summed E-state index contributed by atoms with van der Waals surface area (Å²) < 4.78 is 0. The lowest BCUT2D eigenvalue weighted by Gasteiger charge is -2.31. The Morgan fingerprint density at radius 3 is 2.93 bits per heavy atom. The summed E-state index contributed by atoms with van der Waals surface area (Å²) in [6.45, 7) is 3.26. The molecule has 1 saturated heterocycles. The Balaban J connectivity index is 1.92. The summed E-state index contributed by atoms with van der Waals surface area (Å²) in [5, 5.41) is 3.45. The second kappa shape index (κ2) is 2.92. The van der Waals surface area contributed by atoms with Crippen molar-refractivity contribution in [1.29, 1.82) is 0 Å². The maximum absolute atomic E-state index is 4.24. The Labute approximate surface area is 84.1 Å². The lowest BCUT2D eigenvalue weighted by molar-refractivity contribution is 0.306. The van der Waals surface area contributed by atoms with Crippen molar-refractivity contribution < 1.29 is 0 Å². The van der Waals surface area contributed by atoms with Crippen LogP contribution in [0.3, 0.4) is 0 Å². The van der Waals surface area contributed by atoms with Crippen molar-refractivity contribution in [2.75, 3.05) is 6.54 Å². The first-order valence-corrected chi connectivity index (χ1v) is 5.19. The SMILES string of the molecule is Cc1cncc(C2=CC3CNC3C2)c1. The average Bonchev–Trinajstić information content (AvgIpc) is 2.43. The fourth-order valence-electron chi connectivity index (χ4n) is 2.33. The summed E-state index contributed by atoms with van der Waals surface area (Å²) in [7, 11) is 0. The van der Waals surface area contributed by atoms with Gasteiger partial charge in [-0.15, -0.1) is 0 Å². The molecule has 2 nitrogen and oxygen atoms in total. The number of nitrogens with one attached hydrogen (secondary N) is 1. The van der Waals surface area contributed by atoms with Crippen molar-refractivity contribution in [3.8, 4) is 0 Å². The molecule has 0 saturated carbocycles. The van der Waals surface area contributed by atoms with Crippen molar-refractivity contribution in [2.45, 2.75) is 19.4 Å². The molecule has 2 heteroatoms. The number of nitrogens with zero attached hydrogens (tertiary/aromatic N) is 1. The van der Waals surface area contributed by atoms with Gasteiger partial charge in [-0.3, -0.25) is 4.98 Å². The first-order chi connectivity index (χ1) is 6.83. The third kappa shape index (κ3) is 1.18. The second-order valence-electron chi connectivity index (χ2n) is 4.33. The summed E-state index contributed by atoms with van der Waals surface area (Å²) in [4.78, 5) is 4.24. The van der Waals surface area contributed by atoms with Crippen LogP contribution in [0.1, 0.15) is 17.5 Å². The van der Waals surface area contributed by atoms with Gasteiger partial charge in [0.25, 0.3) is 0 Å². The van der Waals surface area contributed by atoms with E-state index in [-0.39, 0.29) is 0 Å². The number of hydrogen-bond acceptors (Lipinski definition) is 2. The van der Waals surface area contributed by atoms with E-state index in [1.165, 1.54) is 23.1 Å². The number of hydrogen-bond donors (Lipinski definition) is 1. The van der Waals surface area contributed by atoms with Crippen molar-refractivity contribution in [1.82, 2.24) is 10.3 Å². The van der Waals surface area contributed by atoms with Crippen molar-refractivity contribution in [3.63, 3.8) is 0 Å². The van der Waals surface area contributed by atoms with E-state index in [0.29, 0.717) is 6.04 Å². The first-order valence-electron chi connectivity index (χ1n) is 5.19. The number of rotatable bonds is 1. The Morgan fingerprint density at radius 2 is 2.36 bits per heavy atom. The normalized spacial score (nSPS) is 29.4. The van der Waals surface area contributed by atoms with Gasteiger partial charge in [-0.2, -0.15) is 0 Å². The Kier molecular flexibility index (Phi) is 1.71. The highest BCUT2D eigenvalue weighted by Crippen LogP contribution is 2.35. The smallest absolute Gasteiger partial charge is 0.0343 e. The van der Waals surface area contributed by atoms with Gasteiger partial charge in [-0.1, -0.05) is 6.08 Å². The monoisotopic (exact) mass is 186 g/mol. The third-order valence-corrected chi connectivity index (χ3v) is 3.23. The molecule has 1 aliphatic carbocycles. The molecule has 0 bridgehead atoms.